The number of nitrogens with two attached hydrogens (primary N) is 2. The molecule has 1 aliphatic rings. The van der Waals surface area contributed by atoms with Crippen molar-refractivity contribution >= 4 is 11.7 Å². The van der Waals surface area contributed by atoms with Crippen molar-refractivity contribution in [1.29, 1.82) is 0 Å². The van der Waals surface area contributed by atoms with E-state index in [1.165, 1.54) is 23.5 Å². The Hall–Kier alpha value is -3.65. The summed E-state index contributed by atoms with van der Waals surface area (Å²) in [7, 11) is 0. The van der Waals surface area contributed by atoms with Gasteiger partial charge in [-0.05, 0) is 31.5 Å². The second-order valence-corrected chi connectivity index (χ2v) is 7.44. The van der Waals surface area contributed by atoms with Gasteiger partial charge in [0, 0.05) is 24.6 Å². The van der Waals surface area contributed by atoms with Crippen LogP contribution in [0.25, 0.3) is 5.69 Å². The Morgan fingerprint density at radius 2 is 1.94 bits per heavy atom. The highest BCUT2D eigenvalue weighted by Crippen LogP contribution is 2.34. The van der Waals surface area contributed by atoms with Gasteiger partial charge in [0.15, 0.2) is 5.69 Å². The molecule has 7 nitrogen and oxygen atoms in total. The lowest BCUT2D eigenvalue weighted by Gasteiger charge is -2.23. The minimum Gasteiger partial charge on any atom is -0.461 e. The number of halogens is 1. The maximum Gasteiger partial charge on any atom is 0.358 e. The van der Waals surface area contributed by atoms with E-state index in [1.807, 2.05) is 31.2 Å². The molecule has 31 heavy (non-hydrogen) atoms. The lowest BCUT2D eigenvalue weighted by atomic mass is 10.0. The second kappa shape index (κ2) is 8.23. The third kappa shape index (κ3) is 3.89. The molecule has 8 heteroatoms. The number of hydrogen-bond donors (Lipinski definition) is 2. The molecule has 4 rings (SSSR count). The van der Waals surface area contributed by atoms with Crippen LogP contribution in [0.2, 0.25) is 0 Å². The van der Waals surface area contributed by atoms with Crippen molar-refractivity contribution in [3.8, 4) is 5.69 Å². The molecule has 160 valence electrons. The molecule has 0 aliphatic carbocycles. The van der Waals surface area contributed by atoms with Gasteiger partial charge in [-0.25, -0.2) is 20.0 Å². The number of esters is 1. The number of anilines is 1. The fourth-order valence-corrected chi connectivity index (χ4v) is 3.70. The molecular weight excluding hydrogens is 397 g/mol. The van der Waals surface area contributed by atoms with Crippen LogP contribution in [0.3, 0.4) is 0 Å². The first kappa shape index (κ1) is 20.6. The summed E-state index contributed by atoms with van der Waals surface area (Å²) in [6, 6.07) is 12.3. The molecule has 1 aliphatic heterocycles. The van der Waals surface area contributed by atoms with Gasteiger partial charge in [0.1, 0.15) is 12.1 Å². The summed E-state index contributed by atoms with van der Waals surface area (Å²) in [6.45, 7) is 3.98. The number of fused-ring (bicyclic) bond motifs is 3. The SMILES string of the molecule is CCOC(=O)c1ncn2c1C/C(=C(/N)Cc1ccc(C)cc1)N(N)c1cc(F)ccc1-2. The van der Waals surface area contributed by atoms with E-state index in [-0.39, 0.29) is 18.7 Å². The highest BCUT2D eigenvalue weighted by Gasteiger charge is 2.29. The van der Waals surface area contributed by atoms with E-state index >= 15 is 0 Å². The average molecular weight is 421 g/mol. The van der Waals surface area contributed by atoms with Crippen LogP contribution in [0.5, 0.6) is 0 Å². The predicted molar refractivity (Wildman–Crippen MR) is 116 cm³/mol. The van der Waals surface area contributed by atoms with Crippen molar-refractivity contribution in [1.82, 2.24) is 9.55 Å². The van der Waals surface area contributed by atoms with Crippen LogP contribution in [0.1, 0.15) is 34.2 Å². The normalized spacial score (nSPS) is 14.5. The number of hydrogen-bond acceptors (Lipinski definition) is 6. The number of carbonyl (C=O) groups excluding carboxylic acids is 1. The number of rotatable bonds is 4. The third-order valence-corrected chi connectivity index (χ3v) is 5.30. The van der Waals surface area contributed by atoms with Gasteiger partial charge in [0.25, 0.3) is 0 Å². The Kier molecular flexibility index (Phi) is 5.48. The Labute approximate surface area is 179 Å². The van der Waals surface area contributed by atoms with Gasteiger partial charge in [-0.3, -0.25) is 9.58 Å². The van der Waals surface area contributed by atoms with Crippen molar-refractivity contribution in [3.05, 3.63) is 88.5 Å². The Balaban J connectivity index is 1.86. The molecular formula is C23H24FN5O2. The van der Waals surface area contributed by atoms with Crippen molar-refractivity contribution in [2.45, 2.75) is 26.7 Å². The molecule has 0 saturated carbocycles. The van der Waals surface area contributed by atoms with Crippen LogP contribution >= 0.6 is 0 Å². The molecule has 2 heterocycles. The van der Waals surface area contributed by atoms with Gasteiger partial charge < -0.3 is 10.5 Å². The molecule has 0 unspecified atom stereocenters. The molecule has 4 N–H and O–H groups in total. The quantitative estimate of drug-likeness (QED) is 0.496. The number of carbonyl (C=O) groups is 1. The monoisotopic (exact) mass is 421 g/mol. The molecule has 3 aromatic rings. The van der Waals surface area contributed by atoms with Crippen molar-refractivity contribution in [2.24, 2.45) is 11.6 Å². The van der Waals surface area contributed by atoms with Gasteiger partial charge in [0.05, 0.1) is 29.4 Å². The molecule has 2 aromatic carbocycles. The highest BCUT2D eigenvalue weighted by atomic mass is 19.1. The summed E-state index contributed by atoms with van der Waals surface area (Å²) in [6.07, 6.45) is 2.21. The van der Waals surface area contributed by atoms with Crippen LogP contribution < -0.4 is 16.6 Å². The molecule has 0 spiro atoms. The zero-order valence-corrected chi connectivity index (χ0v) is 17.4. The van der Waals surface area contributed by atoms with Crippen LogP contribution in [0.4, 0.5) is 10.1 Å². The lowest BCUT2D eigenvalue weighted by molar-refractivity contribution is 0.0519. The standard InChI is InChI=1S/C23H24FN5O2/c1-3-31-23(30)22-21-12-19(17(25)10-15-6-4-14(2)5-7-15)29(26)20-11-16(24)8-9-18(20)28(21)13-27-22/h4-9,11,13H,3,10,12,25-26H2,1-2H3/b19-17-. The first-order valence-corrected chi connectivity index (χ1v) is 10.00. The average Bonchev–Trinajstić information content (AvgIpc) is 3.12. The first-order valence-electron chi connectivity index (χ1n) is 10.00. The van der Waals surface area contributed by atoms with Crippen LogP contribution in [-0.4, -0.2) is 22.1 Å². The van der Waals surface area contributed by atoms with Gasteiger partial charge in [-0.15, -0.1) is 0 Å². The van der Waals surface area contributed by atoms with Crippen molar-refractivity contribution in [3.63, 3.8) is 0 Å². The number of aromatic nitrogens is 2. The van der Waals surface area contributed by atoms with E-state index < -0.39 is 11.8 Å². The summed E-state index contributed by atoms with van der Waals surface area (Å²) in [4.78, 5) is 16.8. The Morgan fingerprint density at radius 1 is 1.19 bits per heavy atom. The summed E-state index contributed by atoms with van der Waals surface area (Å²) < 4.78 is 21.0. The summed E-state index contributed by atoms with van der Waals surface area (Å²) >= 11 is 0. The molecule has 0 amide bonds. The third-order valence-electron chi connectivity index (χ3n) is 5.30. The van der Waals surface area contributed by atoms with Gasteiger partial charge in [0.2, 0.25) is 0 Å². The van der Waals surface area contributed by atoms with Crippen molar-refractivity contribution in [2.75, 3.05) is 11.6 Å². The number of aryl methyl sites for hydroxylation is 1. The summed E-state index contributed by atoms with van der Waals surface area (Å²) in [5.41, 5.74) is 11.6. The minimum absolute atomic E-state index is 0.188. The first-order chi connectivity index (χ1) is 14.9. The van der Waals surface area contributed by atoms with Gasteiger partial charge >= 0.3 is 5.97 Å². The molecule has 0 saturated heterocycles. The van der Waals surface area contributed by atoms with E-state index in [2.05, 4.69) is 4.98 Å². The lowest BCUT2D eigenvalue weighted by Crippen LogP contribution is -2.33. The minimum atomic E-state index is -0.526. The molecule has 0 bridgehead atoms. The number of allylic oxidation sites excluding steroid dienone is 2. The number of imidazole rings is 1. The number of nitrogens with zero attached hydrogens (tertiary/aromatic N) is 3. The fourth-order valence-electron chi connectivity index (χ4n) is 3.70. The molecule has 0 radical (unpaired) electrons. The Morgan fingerprint density at radius 3 is 2.65 bits per heavy atom. The number of hydrazine groups is 1. The van der Waals surface area contributed by atoms with E-state index in [0.717, 1.165) is 11.1 Å². The maximum atomic E-state index is 14.1. The van der Waals surface area contributed by atoms with Gasteiger partial charge in [-0.1, -0.05) is 29.8 Å². The molecule has 1 aromatic heterocycles. The highest BCUT2D eigenvalue weighted by molar-refractivity contribution is 5.89. The zero-order chi connectivity index (χ0) is 22.1. The van der Waals surface area contributed by atoms with Crippen LogP contribution in [0, 0.1) is 12.7 Å². The smallest absolute Gasteiger partial charge is 0.358 e. The maximum absolute atomic E-state index is 14.1. The largest absolute Gasteiger partial charge is 0.461 e. The fraction of sp³-hybridized carbons (Fsp3) is 0.217. The molecule has 0 fully saturated rings. The topological polar surface area (TPSA) is 99.4 Å². The summed E-state index contributed by atoms with van der Waals surface area (Å²) in [5, 5.41) is 1.39. The van der Waals surface area contributed by atoms with Gasteiger partial charge in [-0.2, -0.15) is 0 Å². The van der Waals surface area contributed by atoms with Crippen LogP contribution in [0.15, 0.2) is 60.2 Å². The molecule has 0 atom stereocenters. The van der Waals surface area contributed by atoms with E-state index in [0.29, 0.717) is 34.9 Å². The number of ether oxygens (including phenoxy) is 1. The second-order valence-electron chi connectivity index (χ2n) is 7.44. The van der Waals surface area contributed by atoms with Crippen molar-refractivity contribution < 1.29 is 13.9 Å². The predicted octanol–water partition coefficient (Wildman–Crippen LogP) is 3.15. The zero-order valence-electron chi connectivity index (χ0n) is 17.4. The van der Waals surface area contributed by atoms with Crippen LogP contribution in [-0.2, 0) is 17.6 Å². The number of benzene rings is 2. The van der Waals surface area contributed by atoms with E-state index in [9.17, 15) is 9.18 Å². The van der Waals surface area contributed by atoms with E-state index in [4.69, 9.17) is 16.3 Å². The summed E-state index contributed by atoms with van der Waals surface area (Å²) in [5.74, 6) is 5.48. The van der Waals surface area contributed by atoms with E-state index in [1.54, 1.807) is 17.6 Å². The Bertz CT molecular complexity index is 1170.